The topological polar surface area (TPSA) is 28.7 Å². The molecule has 0 aliphatic rings. The molecule has 0 amide bonds. The molecule has 2 nitrogen and oxygen atoms in total. The zero-order valence-corrected chi connectivity index (χ0v) is 14.2. The molecule has 2 heteroatoms. The standard InChI is InChI=1S/C23H20N2/c1-17-5-4-6-20(15-17)22-8-3-2-7-21(22)19-11-9-18(10-12-19)16-23-24-13-14-25-23/h2-15H,16H2,1H3,(H,24,25). The summed E-state index contributed by atoms with van der Waals surface area (Å²) in [5, 5.41) is 0. The minimum absolute atomic E-state index is 0.826. The second kappa shape index (κ2) is 6.78. The van der Waals surface area contributed by atoms with Crippen molar-refractivity contribution >= 4 is 0 Å². The van der Waals surface area contributed by atoms with Gasteiger partial charge in [0.1, 0.15) is 5.82 Å². The van der Waals surface area contributed by atoms with Crippen molar-refractivity contribution in [1.82, 2.24) is 9.97 Å². The van der Waals surface area contributed by atoms with E-state index in [1.807, 2.05) is 6.20 Å². The fourth-order valence-electron chi connectivity index (χ4n) is 3.19. The van der Waals surface area contributed by atoms with Crippen LogP contribution in [0.3, 0.4) is 0 Å². The fraction of sp³-hybridized carbons (Fsp3) is 0.0870. The summed E-state index contributed by atoms with van der Waals surface area (Å²) in [5.74, 6) is 0.993. The molecule has 0 saturated heterocycles. The van der Waals surface area contributed by atoms with E-state index in [4.69, 9.17) is 0 Å². The summed E-state index contributed by atoms with van der Waals surface area (Å²) >= 11 is 0. The molecular formula is C23H20N2. The molecule has 0 atom stereocenters. The number of hydrogen-bond donors (Lipinski definition) is 1. The van der Waals surface area contributed by atoms with E-state index in [9.17, 15) is 0 Å². The number of rotatable bonds is 4. The maximum absolute atomic E-state index is 4.30. The molecule has 4 rings (SSSR count). The number of nitrogens with zero attached hydrogens (tertiary/aromatic N) is 1. The quantitative estimate of drug-likeness (QED) is 0.517. The Morgan fingerprint density at radius 1 is 0.800 bits per heavy atom. The van der Waals surface area contributed by atoms with E-state index in [-0.39, 0.29) is 0 Å². The van der Waals surface area contributed by atoms with Gasteiger partial charge in [-0.15, -0.1) is 0 Å². The normalized spacial score (nSPS) is 10.8. The first-order valence-corrected chi connectivity index (χ1v) is 8.53. The molecule has 0 unspecified atom stereocenters. The van der Waals surface area contributed by atoms with Gasteiger partial charge in [-0.3, -0.25) is 0 Å². The number of imidazole rings is 1. The monoisotopic (exact) mass is 324 g/mol. The summed E-state index contributed by atoms with van der Waals surface area (Å²) in [6, 6.07) is 26.0. The smallest absolute Gasteiger partial charge is 0.110 e. The lowest BCUT2D eigenvalue weighted by Gasteiger charge is -2.11. The third kappa shape index (κ3) is 3.38. The van der Waals surface area contributed by atoms with Gasteiger partial charge in [0, 0.05) is 18.8 Å². The Hall–Kier alpha value is -3.13. The molecule has 1 aromatic heterocycles. The van der Waals surface area contributed by atoms with Crippen LogP contribution in [0.5, 0.6) is 0 Å². The second-order valence-corrected chi connectivity index (χ2v) is 6.32. The third-order valence-corrected chi connectivity index (χ3v) is 4.45. The van der Waals surface area contributed by atoms with Crippen molar-refractivity contribution < 1.29 is 0 Å². The third-order valence-electron chi connectivity index (χ3n) is 4.45. The van der Waals surface area contributed by atoms with Crippen molar-refractivity contribution in [2.45, 2.75) is 13.3 Å². The highest BCUT2D eigenvalue weighted by atomic mass is 14.9. The van der Waals surface area contributed by atoms with Crippen LogP contribution in [-0.4, -0.2) is 9.97 Å². The van der Waals surface area contributed by atoms with Crippen LogP contribution in [0.2, 0.25) is 0 Å². The van der Waals surface area contributed by atoms with E-state index in [1.54, 1.807) is 6.20 Å². The van der Waals surface area contributed by atoms with Crippen molar-refractivity contribution in [2.75, 3.05) is 0 Å². The Labute approximate surface area is 148 Å². The Kier molecular flexibility index (Phi) is 4.17. The molecule has 3 aromatic carbocycles. The van der Waals surface area contributed by atoms with Gasteiger partial charge in [-0.25, -0.2) is 4.98 Å². The van der Waals surface area contributed by atoms with Gasteiger partial charge in [0.15, 0.2) is 0 Å². The highest BCUT2D eigenvalue weighted by Gasteiger charge is 2.07. The van der Waals surface area contributed by atoms with Crippen LogP contribution >= 0.6 is 0 Å². The summed E-state index contributed by atoms with van der Waals surface area (Å²) in [5.41, 5.74) is 7.56. The van der Waals surface area contributed by atoms with Crippen molar-refractivity contribution in [3.63, 3.8) is 0 Å². The number of aryl methyl sites for hydroxylation is 1. The average molecular weight is 324 g/mol. The summed E-state index contributed by atoms with van der Waals surface area (Å²) in [6.45, 7) is 2.13. The molecule has 0 bridgehead atoms. The fourth-order valence-corrected chi connectivity index (χ4v) is 3.19. The number of aromatic amines is 1. The van der Waals surface area contributed by atoms with Gasteiger partial charge in [-0.2, -0.15) is 0 Å². The number of benzene rings is 3. The van der Waals surface area contributed by atoms with Crippen LogP contribution in [0.1, 0.15) is 17.0 Å². The minimum Gasteiger partial charge on any atom is -0.348 e. The van der Waals surface area contributed by atoms with Crippen molar-refractivity contribution in [3.05, 3.63) is 102 Å². The van der Waals surface area contributed by atoms with Crippen molar-refractivity contribution in [2.24, 2.45) is 0 Å². The Balaban J connectivity index is 1.68. The number of aromatic nitrogens is 2. The Morgan fingerprint density at radius 3 is 2.24 bits per heavy atom. The lowest BCUT2D eigenvalue weighted by molar-refractivity contribution is 1.03. The lowest BCUT2D eigenvalue weighted by atomic mass is 9.93. The van der Waals surface area contributed by atoms with Gasteiger partial charge in [-0.05, 0) is 34.7 Å². The van der Waals surface area contributed by atoms with Gasteiger partial charge in [0.05, 0.1) is 0 Å². The summed E-state index contributed by atoms with van der Waals surface area (Å²) in [6.07, 6.45) is 4.48. The summed E-state index contributed by atoms with van der Waals surface area (Å²) in [4.78, 5) is 7.46. The number of nitrogens with one attached hydrogen (secondary N) is 1. The highest BCUT2D eigenvalue weighted by molar-refractivity contribution is 5.83. The van der Waals surface area contributed by atoms with Gasteiger partial charge in [0.25, 0.3) is 0 Å². The molecular weight excluding hydrogens is 304 g/mol. The molecule has 0 saturated carbocycles. The van der Waals surface area contributed by atoms with Gasteiger partial charge in [-0.1, -0.05) is 78.4 Å². The second-order valence-electron chi connectivity index (χ2n) is 6.32. The highest BCUT2D eigenvalue weighted by Crippen LogP contribution is 2.32. The molecule has 0 fully saturated rings. The van der Waals surface area contributed by atoms with E-state index < -0.39 is 0 Å². The zero-order valence-electron chi connectivity index (χ0n) is 14.2. The van der Waals surface area contributed by atoms with Gasteiger partial charge in [0.2, 0.25) is 0 Å². The molecule has 1 N–H and O–H groups in total. The molecule has 0 radical (unpaired) electrons. The van der Waals surface area contributed by atoms with Crippen LogP contribution in [0.4, 0.5) is 0 Å². The first-order valence-electron chi connectivity index (χ1n) is 8.53. The molecule has 122 valence electrons. The molecule has 0 aliphatic heterocycles. The summed E-state index contributed by atoms with van der Waals surface area (Å²) < 4.78 is 0. The Morgan fingerprint density at radius 2 is 1.56 bits per heavy atom. The van der Waals surface area contributed by atoms with E-state index in [0.717, 1.165) is 12.2 Å². The van der Waals surface area contributed by atoms with Crippen LogP contribution in [-0.2, 0) is 6.42 Å². The molecule has 0 spiro atoms. The van der Waals surface area contributed by atoms with E-state index >= 15 is 0 Å². The molecule has 4 aromatic rings. The predicted molar refractivity (Wildman–Crippen MR) is 103 cm³/mol. The average Bonchev–Trinajstić information content (AvgIpc) is 3.15. The van der Waals surface area contributed by atoms with Crippen LogP contribution < -0.4 is 0 Å². The number of hydrogen-bond acceptors (Lipinski definition) is 1. The lowest BCUT2D eigenvalue weighted by Crippen LogP contribution is -1.91. The van der Waals surface area contributed by atoms with E-state index in [0.29, 0.717) is 0 Å². The molecule has 25 heavy (non-hydrogen) atoms. The maximum Gasteiger partial charge on any atom is 0.110 e. The maximum atomic E-state index is 4.30. The van der Waals surface area contributed by atoms with Crippen LogP contribution in [0.25, 0.3) is 22.3 Å². The van der Waals surface area contributed by atoms with Crippen LogP contribution in [0, 0.1) is 6.92 Å². The number of H-pyrrole nitrogens is 1. The SMILES string of the molecule is Cc1cccc(-c2ccccc2-c2ccc(Cc3ncc[nH]3)cc2)c1. The minimum atomic E-state index is 0.826. The zero-order chi connectivity index (χ0) is 17.1. The van der Waals surface area contributed by atoms with Crippen molar-refractivity contribution in [3.8, 4) is 22.3 Å². The van der Waals surface area contributed by atoms with Gasteiger partial charge < -0.3 is 4.98 Å². The molecule has 0 aliphatic carbocycles. The first-order chi connectivity index (χ1) is 12.3. The predicted octanol–water partition coefficient (Wildman–Crippen LogP) is 5.64. The van der Waals surface area contributed by atoms with Crippen molar-refractivity contribution in [1.29, 1.82) is 0 Å². The molecule has 1 heterocycles. The summed E-state index contributed by atoms with van der Waals surface area (Å²) in [7, 11) is 0. The first kappa shape index (κ1) is 15.4. The van der Waals surface area contributed by atoms with Gasteiger partial charge >= 0.3 is 0 Å². The largest absolute Gasteiger partial charge is 0.348 e. The van der Waals surface area contributed by atoms with E-state index in [2.05, 4.69) is 89.7 Å². The van der Waals surface area contributed by atoms with E-state index in [1.165, 1.54) is 33.4 Å². The Bertz CT molecular complexity index is 967. The van der Waals surface area contributed by atoms with Crippen LogP contribution in [0.15, 0.2) is 85.2 Å².